The molecule has 1 fully saturated rings. The van der Waals surface area contributed by atoms with Crippen LogP contribution in [0.3, 0.4) is 0 Å². The van der Waals surface area contributed by atoms with Gasteiger partial charge in [-0.25, -0.2) is 13.9 Å². The molecule has 0 bridgehead atoms. The first kappa shape index (κ1) is 25.4. The van der Waals surface area contributed by atoms with Crippen LogP contribution in [0.1, 0.15) is 30.9 Å². The molecule has 2 aliphatic heterocycles. The molecule has 1 unspecified atom stereocenters. The van der Waals surface area contributed by atoms with E-state index < -0.39 is 20.5 Å². The first-order chi connectivity index (χ1) is 15.7. The molecule has 1 atom stereocenters. The summed E-state index contributed by atoms with van der Waals surface area (Å²) >= 11 is 0. The smallest absolute Gasteiger partial charge is 0.264 e. The van der Waals surface area contributed by atoms with Gasteiger partial charge in [-0.05, 0) is 43.0 Å². The van der Waals surface area contributed by atoms with Crippen LogP contribution < -0.4 is 5.48 Å². The normalized spacial score (nSPS) is 19.7. The average Bonchev–Trinajstić information content (AvgIpc) is 2.83. The molecule has 2 N–H and O–H groups in total. The molecule has 2 aliphatic rings. The van der Waals surface area contributed by atoms with E-state index in [1.165, 1.54) is 18.0 Å². The van der Waals surface area contributed by atoms with E-state index in [0.29, 0.717) is 13.1 Å². The third kappa shape index (κ3) is 6.65. The van der Waals surface area contributed by atoms with E-state index in [1.807, 2.05) is 12.1 Å². The second-order valence-corrected chi connectivity index (χ2v) is 11.2. The van der Waals surface area contributed by atoms with Crippen molar-refractivity contribution in [3.05, 3.63) is 41.5 Å². The molecule has 2 heterocycles. The van der Waals surface area contributed by atoms with Crippen LogP contribution in [0.4, 0.5) is 0 Å². The second-order valence-electron chi connectivity index (χ2n) is 8.74. The molecule has 9 heteroatoms. The molecule has 0 spiro atoms. The Hall–Kier alpha value is -2.22. The number of nitrogens with one attached hydrogen (secondary N) is 1. The molecule has 3 rings (SSSR count). The Morgan fingerprint density at radius 3 is 2.45 bits per heavy atom. The van der Waals surface area contributed by atoms with E-state index in [4.69, 9.17) is 9.94 Å². The van der Waals surface area contributed by atoms with Crippen molar-refractivity contribution in [3.63, 3.8) is 0 Å². The lowest BCUT2D eigenvalue weighted by Crippen LogP contribution is -2.51. The quantitative estimate of drug-likeness (QED) is 0.347. The summed E-state index contributed by atoms with van der Waals surface area (Å²) in [6.45, 7) is 7.41. The Morgan fingerprint density at radius 2 is 1.88 bits per heavy atom. The zero-order valence-electron chi connectivity index (χ0n) is 19.3. The number of amides is 1. The molecule has 0 saturated carbocycles. The van der Waals surface area contributed by atoms with Crippen molar-refractivity contribution in [2.75, 3.05) is 58.7 Å². The van der Waals surface area contributed by atoms with Gasteiger partial charge in [-0.15, -0.1) is 0 Å². The summed E-state index contributed by atoms with van der Waals surface area (Å²) in [5, 5.41) is 8.96. The number of carbonyl (C=O) groups excluding carboxylic acids is 1. The maximum atomic E-state index is 12.1. The number of ether oxygens (including phenoxy) is 1. The van der Waals surface area contributed by atoms with E-state index >= 15 is 0 Å². The molecule has 8 nitrogen and oxygen atoms in total. The number of morpholine rings is 1. The van der Waals surface area contributed by atoms with Crippen LogP contribution in [-0.2, 0) is 19.4 Å². The number of sulfone groups is 1. The SMILES string of the molecule is CC(CCN1CC=C(c2ccc(C#CCN3CCOCC3)cc2)CC1)(C(=O)NO)S(C)(=O)=O. The lowest BCUT2D eigenvalue weighted by atomic mass is 9.98. The van der Waals surface area contributed by atoms with Crippen molar-refractivity contribution in [3.8, 4) is 11.8 Å². The first-order valence-electron chi connectivity index (χ1n) is 11.2. The van der Waals surface area contributed by atoms with Gasteiger partial charge in [0.15, 0.2) is 14.6 Å². The third-order valence-electron chi connectivity index (χ3n) is 6.49. The van der Waals surface area contributed by atoms with Crippen molar-refractivity contribution in [2.24, 2.45) is 0 Å². The van der Waals surface area contributed by atoms with E-state index in [-0.39, 0.29) is 6.42 Å². The number of rotatable bonds is 7. The molecule has 1 aromatic rings. The van der Waals surface area contributed by atoms with Crippen LogP contribution in [0.25, 0.3) is 5.57 Å². The number of hydroxylamine groups is 1. The lowest BCUT2D eigenvalue weighted by Gasteiger charge is -2.31. The van der Waals surface area contributed by atoms with E-state index in [9.17, 15) is 13.2 Å². The van der Waals surface area contributed by atoms with Crippen LogP contribution in [-0.4, -0.2) is 92.8 Å². The van der Waals surface area contributed by atoms with Gasteiger partial charge in [0.05, 0.1) is 19.8 Å². The van der Waals surface area contributed by atoms with Crippen molar-refractivity contribution < 1.29 is 23.2 Å². The third-order valence-corrected chi connectivity index (χ3v) is 8.52. The molecule has 1 aromatic carbocycles. The highest BCUT2D eigenvalue weighted by atomic mass is 32.2. The summed E-state index contributed by atoms with van der Waals surface area (Å²) in [5.74, 6) is 5.57. The molecule has 1 amide bonds. The summed E-state index contributed by atoms with van der Waals surface area (Å²) < 4.78 is 27.9. The summed E-state index contributed by atoms with van der Waals surface area (Å²) in [4.78, 5) is 16.4. The Balaban J connectivity index is 1.53. The maximum absolute atomic E-state index is 12.1. The van der Waals surface area contributed by atoms with Crippen molar-refractivity contribution in [1.29, 1.82) is 0 Å². The topological polar surface area (TPSA) is 99.2 Å². The predicted molar refractivity (Wildman–Crippen MR) is 127 cm³/mol. The van der Waals surface area contributed by atoms with E-state index in [1.54, 1.807) is 0 Å². The molecular formula is C24H33N3O5S. The number of hydrogen-bond acceptors (Lipinski definition) is 7. The molecule has 180 valence electrons. The van der Waals surface area contributed by atoms with Gasteiger partial charge in [-0.3, -0.25) is 19.8 Å². The zero-order valence-corrected chi connectivity index (χ0v) is 20.2. The number of carbonyl (C=O) groups is 1. The number of benzene rings is 1. The fourth-order valence-electron chi connectivity index (χ4n) is 3.91. The Labute approximate surface area is 196 Å². The Morgan fingerprint density at radius 1 is 1.18 bits per heavy atom. The van der Waals surface area contributed by atoms with Crippen LogP contribution in [0.5, 0.6) is 0 Å². The van der Waals surface area contributed by atoms with E-state index in [0.717, 1.165) is 63.2 Å². The average molecular weight is 476 g/mol. The Kier molecular flexibility index (Phi) is 8.68. The largest absolute Gasteiger partial charge is 0.379 e. The first-order valence-corrected chi connectivity index (χ1v) is 13.1. The van der Waals surface area contributed by atoms with Crippen LogP contribution in [0, 0.1) is 11.8 Å². The minimum atomic E-state index is -3.68. The molecule has 0 aliphatic carbocycles. The van der Waals surface area contributed by atoms with Gasteiger partial charge in [-0.2, -0.15) is 0 Å². The highest BCUT2D eigenvalue weighted by Gasteiger charge is 2.43. The Bertz CT molecular complexity index is 1020. The van der Waals surface area contributed by atoms with Crippen LogP contribution in [0.15, 0.2) is 30.3 Å². The van der Waals surface area contributed by atoms with Gasteiger partial charge < -0.3 is 4.74 Å². The highest BCUT2D eigenvalue weighted by Crippen LogP contribution is 2.25. The molecule has 33 heavy (non-hydrogen) atoms. The summed E-state index contributed by atoms with van der Waals surface area (Å²) in [5.41, 5.74) is 4.90. The zero-order chi connectivity index (χ0) is 23.9. The van der Waals surface area contributed by atoms with Crippen molar-refractivity contribution in [1.82, 2.24) is 15.3 Å². The molecule has 0 aromatic heterocycles. The fourth-order valence-corrected chi connectivity index (χ4v) is 4.76. The minimum Gasteiger partial charge on any atom is -0.379 e. The summed E-state index contributed by atoms with van der Waals surface area (Å²) in [6.07, 6.45) is 4.11. The fraction of sp³-hybridized carbons (Fsp3) is 0.542. The standard InChI is InChI=1S/C24H33N3O5S/c1-24(23(28)25-29,33(2,30)31)11-15-27-13-9-22(10-14-27)21-7-5-20(6-8-21)4-3-12-26-16-18-32-19-17-26/h5-9,29H,10-19H2,1-2H3,(H,25,28). The summed E-state index contributed by atoms with van der Waals surface area (Å²) in [6, 6.07) is 8.26. The van der Waals surface area contributed by atoms with Gasteiger partial charge in [0.1, 0.15) is 0 Å². The van der Waals surface area contributed by atoms with Gasteiger partial charge in [0.2, 0.25) is 0 Å². The highest BCUT2D eigenvalue weighted by molar-refractivity contribution is 7.92. The van der Waals surface area contributed by atoms with Crippen LogP contribution in [0.2, 0.25) is 0 Å². The van der Waals surface area contributed by atoms with Crippen LogP contribution >= 0.6 is 0 Å². The number of nitrogens with zero attached hydrogens (tertiary/aromatic N) is 2. The minimum absolute atomic E-state index is 0.110. The molecule has 0 radical (unpaired) electrons. The monoisotopic (exact) mass is 475 g/mol. The maximum Gasteiger partial charge on any atom is 0.264 e. The second kappa shape index (κ2) is 11.3. The van der Waals surface area contributed by atoms with Gasteiger partial charge in [0.25, 0.3) is 5.91 Å². The van der Waals surface area contributed by atoms with Gasteiger partial charge in [0, 0.05) is 44.5 Å². The van der Waals surface area contributed by atoms with Crippen molar-refractivity contribution >= 4 is 21.3 Å². The van der Waals surface area contributed by atoms with Gasteiger partial charge >= 0.3 is 0 Å². The predicted octanol–water partition coefficient (Wildman–Crippen LogP) is 1.16. The lowest BCUT2D eigenvalue weighted by molar-refractivity contribution is -0.131. The van der Waals surface area contributed by atoms with Gasteiger partial charge in [-0.1, -0.05) is 30.0 Å². The molecule has 1 saturated heterocycles. The molecular weight excluding hydrogens is 442 g/mol. The number of hydrogen-bond donors (Lipinski definition) is 2. The van der Waals surface area contributed by atoms with Crippen molar-refractivity contribution in [2.45, 2.75) is 24.5 Å². The van der Waals surface area contributed by atoms with E-state index in [2.05, 4.69) is 39.8 Å². The summed E-state index contributed by atoms with van der Waals surface area (Å²) in [7, 11) is -3.68.